The second-order valence-electron chi connectivity index (χ2n) is 8.18. The van der Waals surface area contributed by atoms with Crippen molar-refractivity contribution >= 4 is 11.9 Å². The molecule has 0 bridgehead atoms. The SMILES string of the molecule is CCNC(=NCc1ccc(OC2CCCCC2)nc1)N1CCCC(CC(N)=O)C1. The number of rotatable bonds is 7. The molecule has 2 heterocycles. The minimum Gasteiger partial charge on any atom is -0.474 e. The molecule has 1 unspecified atom stereocenters. The number of nitrogens with zero attached hydrogens (tertiary/aromatic N) is 3. The largest absolute Gasteiger partial charge is 0.474 e. The Morgan fingerprint density at radius 1 is 1.28 bits per heavy atom. The molecule has 1 amide bonds. The molecule has 1 aromatic rings. The van der Waals surface area contributed by atoms with Crippen molar-refractivity contribution < 1.29 is 9.53 Å². The van der Waals surface area contributed by atoms with Crippen molar-refractivity contribution in [2.75, 3.05) is 19.6 Å². The molecule has 0 aromatic carbocycles. The zero-order chi connectivity index (χ0) is 20.5. The van der Waals surface area contributed by atoms with Gasteiger partial charge in [0.2, 0.25) is 11.8 Å². The molecule has 3 rings (SSSR count). The number of nitrogens with one attached hydrogen (secondary N) is 1. The maximum atomic E-state index is 11.3. The quantitative estimate of drug-likeness (QED) is 0.541. The van der Waals surface area contributed by atoms with Gasteiger partial charge in [-0.3, -0.25) is 4.79 Å². The molecule has 2 aliphatic rings. The van der Waals surface area contributed by atoms with E-state index in [2.05, 4.69) is 22.1 Å². The second-order valence-corrected chi connectivity index (χ2v) is 8.18. The van der Waals surface area contributed by atoms with Crippen LogP contribution in [0.25, 0.3) is 0 Å². The number of pyridine rings is 1. The van der Waals surface area contributed by atoms with Crippen LogP contribution in [0, 0.1) is 5.92 Å². The van der Waals surface area contributed by atoms with Gasteiger partial charge in [0.15, 0.2) is 5.96 Å². The van der Waals surface area contributed by atoms with Crippen LogP contribution in [0.15, 0.2) is 23.3 Å². The van der Waals surface area contributed by atoms with Crippen LogP contribution in [0.4, 0.5) is 0 Å². The fourth-order valence-corrected chi connectivity index (χ4v) is 4.23. The second kappa shape index (κ2) is 11.0. The molecular formula is C22H35N5O2. The first-order valence-corrected chi connectivity index (χ1v) is 11.1. The number of amides is 1. The molecule has 1 saturated carbocycles. The lowest BCUT2D eigenvalue weighted by Crippen LogP contribution is -2.47. The summed E-state index contributed by atoms with van der Waals surface area (Å²) in [5.41, 5.74) is 6.45. The van der Waals surface area contributed by atoms with E-state index in [4.69, 9.17) is 15.5 Å². The van der Waals surface area contributed by atoms with Gasteiger partial charge in [-0.15, -0.1) is 0 Å². The Morgan fingerprint density at radius 3 is 2.79 bits per heavy atom. The van der Waals surface area contributed by atoms with Crippen molar-refractivity contribution in [2.45, 2.75) is 70.9 Å². The van der Waals surface area contributed by atoms with Gasteiger partial charge >= 0.3 is 0 Å². The van der Waals surface area contributed by atoms with Crippen LogP contribution in [0.5, 0.6) is 5.88 Å². The normalized spacial score (nSPS) is 21.1. The number of carbonyl (C=O) groups is 1. The van der Waals surface area contributed by atoms with Gasteiger partial charge in [0.25, 0.3) is 0 Å². The molecule has 1 atom stereocenters. The van der Waals surface area contributed by atoms with Crippen LogP contribution in [0.2, 0.25) is 0 Å². The fourth-order valence-electron chi connectivity index (χ4n) is 4.23. The van der Waals surface area contributed by atoms with Gasteiger partial charge in [0.05, 0.1) is 6.54 Å². The van der Waals surface area contributed by atoms with Crippen LogP contribution >= 0.6 is 0 Å². The van der Waals surface area contributed by atoms with E-state index in [0.717, 1.165) is 56.8 Å². The fraction of sp³-hybridized carbons (Fsp3) is 0.682. The van der Waals surface area contributed by atoms with Gasteiger partial charge in [-0.1, -0.05) is 12.5 Å². The van der Waals surface area contributed by atoms with Crippen molar-refractivity contribution in [2.24, 2.45) is 16.6 Å². The van der Waals surface area contributed by atoms with Gasteiger partial charge in [-0.2, -0.15) is 0 Å². The van der Waals surface area contributed by atoms with Gasteiger partial charge in [0.1, 0.15) is 6.10 Å². The van der Waals surface area contributed by atoms with E-state index in [0.29, 0.717) is 30.9 Å². The van der Waals surface area contributed by atoms with Crippen molar-refractivity contribution in [3.63, 3.8) is 0 Å². The van der Waals surface area contributed by atoms with Crippen molar-refractivity contribution in [1.29, 1.82) is 0 Å². The maximum absolute atomic E-state index is 11.3. The Morgan fingerprint density at radius 2 is 2.10 bits per heavy atom. The molecule has 1 aromatic heterocycles. The third kappa shape index (κ3) is 6.91. The van der Waals surface area contributed by atoms with E-state index in [1.807, 2.05) is 18.3 Å². The standard InChI is InChI=1S/C22H35N5O2/c1-2-24-22(27-12-6-7-17(16-27)13-20(23)28)26-15-18-10-11-21(25-14-18)29-19-8-4-3-5-9-19/h10-11,14,17,19H,2-9,12-13,15-16H2,1H3,(H2,23,28)(H,24,26). The van der Waals surface area contributed by atoms with Gasteiger partial charge < -0.3 is 20.7 Å². The average molecular weight is 402 g/mol. The van der Waals surface area contributed by atoms with E-state index in [-0.39, 0.29) is 5.91 Å². The first kappa shape index (κ1) is 21.4. The molecule has 160 valence electrons. The Hall–Kier alpha value is -2.31. The lowest BCUT2D eigenvalue weighted by atomic mass is 9.95. The van der Waals surface area contributed by atoms with Crippen LogP contribution in [-0.4, -0.2) is 47.5 Å². The Kier molecular flexibility index (Phi) is 8.14. The predicted molar refractivity (Wildman–Crippen MR) is 115 cm³/mol. The summed E-state index contributed by atoms with van der Waals surface area (Å²) in [5, 5.41) is 3.38. The van der Waals surface area contributed by atoms with E-state index >= 15 is 0 Å². The summed E-state index contributed by atoms with van der Waals surface area (Å²) in [5.74, 6) is 1.69. The number of likely N-dealkylation sites (tertiary alicyclic amines) is 1. The highest BCUT2D eigenvalue weighted by molar-refractivity contribution is 5.80. The monoisotopic (exact) mass is 401 g/mol. The summed E-state index contributed by atoms with van der Waals surface area (Å²) < 4.78 is 6.01. The van der Waals surface area contributed by atoms with Gasteiger partial charge in [-0.25, -0.2) is 9.98 Å². The summed E-state index contributed by atoms with van der Waals surface area (Å²) in [6, 6.07) is 4.00. The smallest absolute Gasteiger partial charge is 0.217 e. The summed E-state index contributed by atoms with van der Waals surface area (Å²) in [7, 11) is 0. The topological polar surface area (TPSA) is 92.8 Å². The minimum absolute atomic E-state index is 0.222. The summed E-state index contributed by atoms with van der Waals surface area (Å²) in [4.78, 5) is 22.8. The molecule has 1 saturated heterocycles. The molecule has 0 spiro atoms. The van der Waals surface area contributed by atoms with E-state index < -0.39 is 0 Å². The number of primary amides is 1. The van der Waals surface area contributed by atoms with Crippen molar-refractivity contribution in [1.82, 2.24) is 15.2 Å². The van der Waals surface area contributed by atoms with Crippen molar-refractivity contribution in [3.05, 3.63) is 23.9 Å². The highest BCUT2D eigenvalue weighted by atomic mass is 16.5. The molecule has 1 aliphatic heterocycles. The van der Waals surface area contributed by atoms with Gasteiger partial charge in [0, 0.05) is 38.3 Å². The average Bonchev–Trinajstić information content (AvgIpc) is 2.73. The Labute approximate surface area is 174 Å². The Bertz CT molecular complexity index is 670. The maximum Gasteiger partial charge on any atom is 0.217 e. The summed E-state index contributed by atoms with van der Waals surface area (Å²) in [6.45, 7) is 5.21. The molecule has 3 N–H and O–H groups in total. The zero-order valence-corrected chi connectivity index (χ0v) is 17.6. The van der Waals surface area contributed by atoms with E-state index in [9.17, 15) is 4.79 Å². The van der Waals surface area contributed by atoms with Crippen LogP contribution in [-0.2, 0) is 11.3 Å². The van der Waals surface area contributed by atoms with E-state index in [1.54, 1.807) is 0 Å². The Balaban J connectivity index is 1.57. The minimum atomic E-state index is -0.222. The number of nitrogens with two attached hydrogens (primary N) is 1. The number of carbonyl (C=O) groups excluding carboxylic acids is 1. The lowest BCUT2D eigenvalue weighted by molar-refractivity contribution is -0.119. The summed E-state index contributed by atoms with van der Waals surface area (Å²) >= 11 is 0. The van der Waals surface area contributed by atoms with Crippen LogP contribution in [0.3, 0.4) is 0 Å². The highest BCUT2D eigenvalue weighted by Gasteiger charge is 2.23. The van der Waals surface area contributed by atoms with Gasteiger partial charge in [-0.05, 0) is 56.9 Å². The molecule has 0 radical (unpaired) electrons. The molecule has 7 heteroatoms. The number of ether oxygens (including phenoxy) is 1. The molecular weight excluding hydrogens is 366 g/mol. The van der Waals surface area contributed by atoms with Crippen LogP contribution in [0.1, 0.15) is 63.9 Å². The number of guanidine groups is 1. The lowest BCUT2D eigenvalue weighted by Gasteiger charge is -2.34. The molecule has 29 heavy (non-hydrogen) atoms. The summed E-state index contributed by atoms with van der Waals surface area (Å²) in [6.07, 6.45) is 10.8. The van der Waals surface area contributed by atoms with Crippen molar-refractivity contribution in [3.8, 4) is 5.88 Å². The highest BCUT2D eigenvalue weighted by Crippen LogP contribution is 2.22. The zero-order valence-electron chi connectivity index (χ0n) is 17.6. The number of hydrogen-bond donors (Lipinski definition) is 2. The number of aromatic nitrogens is 1. The molecule has 7 nitrogen and oxygen atoms in total. The van der Waals surface area contributed by atoms with E-state index in [1.165, 1.54) is 19.3 Å². The molecule has 1 aliphatic carbocycles. The number of hydrogen-bond acceptors (Lipinski definition) is 4. The third-order valence-corrected chi connectivity index (χ3v) is 5.69. The van der Waals surface area contributed by atoms with Crippen LogP contribution < -0.4 is 15.8 Å². The molecule has 2 fully saturated rings. The number of piperidine rings is 1. The number of aliphatic imine (C=N–C) groups is 1. The first-order chi connectivity index (χ1) is 14.1. The third-order valence-electron chi connectivity index (χ3n) is 5.69. The predicted octanol–water partition coefficient (Wildman–Crippen LogP) is 2.85. The first-order valence-electron chi connectivity index (χ1n) is 11.1.